The molecule has 0 saturated carbocycles. The van der Waals surface area contributed by atoms with Crippen molar-refractivity contribution >= 4 is 5.91 Å². The number of aromatic nitrogens is 1. The number of likely N-dealkylation sites (N-methyl/N-ethyl adjacent to an activating group) is 1. The smallest absolute Gasteiger partial charge is 0.240 e. The highest BCUT2D eigenvalue weighted by molar-refractivity contribution is 5.83. The molecule has 4 rings (SSSR count). The molecule has 1 atom stereocenters. The molecule has 2 heterocycles. The first kappa shape index (κ1) is 20.1. The van der Waals surface area contributed by atoms with E-state index in [0.29, 0.717) is 6.42 Å². The number of ether oxygens (including phenoxy) is 1. The van der Waals surface area contributed by atoms with Crippen LogP contribution in [0.1, 0.15) is 11.1 Å². The van der Waals surface area contributed by atoms with E-state index in [1.165, 1.54) is 0 Å². The van der Waals surface area contributed by atoms with Crippen LogP contribution in [0.3, 0.4) is 0 Å². The number of amides is 1. The fraction of sp³-hybridized carbons (Fsp3) is 0.280. The van der Waals surface area contributed by atoms with Crippen molar-refractivity contribution in [1.29, 1.82) is 0 Å². The number of methoxy groups -OCH3 is 1. The zero-order chi connectivity index (χ0) is 20.9. The lowest BCUT2D eigenvalue weighted by Crippen LogP contribution is -2.56. The van der Waals surface area contributed by atoms with Crippen LogP contribution in [0.15, 0.2) is 73.1 Å². The Balaban J connectivity index is 1.56. The molecule has 30 heavy (non-hydrogen) atoms. The Hall–Kier alpha value is -3.18. The highest BCUT2D eigenvalue weighted by atomic mass is 16.5. The number of carbonyl (C=O) groups is 1. The molecule has 2 aromatic carbocycles. The Morgan fingerprint density at radius 2 is 1.80 bits per heavy atom. The van der Waals surface area contributed by atoms with Gasteiger partial charge in [-0.1, -0.05) is 42.5 Å². The second-order valence-corrected chi connectivity index (χ2v) is 7.74. The third-order valence-corrected chi connectivity index (χ3v) is 5.71. The minimum absolute atomic E-state index is 0.171. The van der Waals surface area contributed by atoms with E-state index in [4.69, 9.17) is 4.74 Å². The van der Waals surface area contributed by atoms with E-state index in [-0.39, 0.29) is 11.9 Å². The third kappa shape index (κ3) is 4.52. The van der Waals surface area contributed by atoms with Gasteiger partial charge in [0.15, 0.2) is 0 Å². The predicted molar refractivity (Wildman–Crippen MR) is 118 cm³/mol. The fourth-order valence-corrected chi connectivity index (χ4v) is 3.97. The monoisotopic (exact) mass is 401 g/mol. The van der Waals surface area contributed by atoms with Crippen LogP contribution in [-0.2, 0) is 17.8 Å². The molecule has 5 heteroatoms. The molecule has 3 aromatic rings. The van der Waals surface area contributed by atoms with Crippen molar-refractivity contribution < 1.29 is 9.53 Å². The quantitative estimate of drug-likeness (QED) is 0.633. The van der Waals surface area contributed by atoms with Gasteiger partial charge in [-0.05, 0) is 46.9 Å². The second-order valence-electron chi connectivity index (χ2n) is 7.74. The highest BCUT2D eigenvalue weighted by Gasteiger charge is 2.33. The van der Waals surface area contributed by atoms with Gasteiger partial charge in [0.25, 0.3) is 0 Å². The topological polar surface area (TPSA) is 45.7 Å². The van der Waals surface area contributed by atoms with Gasteiger partial charge in [-0.3, -0.25) is 14.7 Å². The van der Waals surface area contributed by atoms with E-state index in [2.05, 4.69) is 52.3 Å². The highest BCUT2D eigenvalue weighted by Crippen LogP contribution is 2.25. The zero-order valence-corrected chi connectivity index (χ0v) is 17.5. The summed E-state index contributed by atoms with van der Waals surface area (Å²) in [6, 6.07) is 20.4. The van der Waals surface area contributed by atoms with Gasteiger partial charge in [0.2, 0.25) is 5.91 Å². The van der Waals surface area contributed by atoms with Crippen LogP contribution in [0.5, 0.6) is 5.75 Å². The molecule has 1 aliphatic rings. The van der Waals surface area contributed by atoms with Gasteiger partial charge < -0.3 is 9.64 Å². The molecule has 1 amide bonds. The minimum Gasteiger partial charge on any atom is -0.497 e. The van der Waals surface area contributed by atoms with Crippen LogP contribution in [0.25, 0.3) is 11.1 Å². The maximum atomic E-state index is 13.0. The van der Waals surface area contributed by atoms with Gasteiger partial charge in [-0.2, -0.15) is 0 Å². The lowest BCUT2D eigenvalue weighted by molar-refractivity contribution is -0.140. The molecule has 1 fully saturated rings. The molecular formula is C25H27N3O2. The zero-order valence-electron chi connectivity index (χ0n) is 17.5. The molecule has 0 spiro atoms. The average molecular weight is 402 g/mol. The molecule has 1 saturated heterocycles. The third-order valence-electron chi connectivity index (χ3n) is 5.71. The molecular weight excluding hydrogens is 374 g/mol. The Bertz CT molecular complexity index is 989. The summed E-state index contributed by atoms with van der Waals surface area (Å²) < 4.78 is 5.26. The molecule has 1 unspecified atom stereocenters. The Morgan fingerprint density at radius 3 is 2.53 bits per heavy atom. The maximum Gasteiger partial charge on any atom is 0.240 e. The van der Waals surface area contributed by atoms with Gasteiger partial charge in [-0.25, -0.2) is 0 Å². The van der Waals surface area contributed by atoms with Gasteiger partial charge >= 0.3 is 0 Å². The molecule has 0 radical (unpaired) electrons. The largest absolute Gasteiger partial charge is 0.497 e. The molecule has 1 aromatic heterocycles. The number of hydrogen-bond acceptors (Lipinski definition) is 4. The number of benzene rings is 2. The van der Waals surface area contributed by atoms with Crippen molar-refractivity contribution in [3.63, 3.8) is 0 Å². The predicted octanol–water partition coefficient (Wildman–Crippen LogP) is 3.64. The van der Waals surface area contributed by atoms with Crippen LogP contribution < -0.4 is 4.74 Å². The van der Waals surface area contributed by atoms with Gasteiger partial charge in [0.1, 0.15) is 5.75 Å². The second kappa shape index (κ2) is 9.09. The van der Waals surface area contributed by atoms with E-state index in [1.807, 2.05) is 36.3 Å². The Kier molecular flexibility index (Phi) is 6.10. The Morgan fingerprint density at radius 1 is 1.00 bits per heavy atom. The van der Waals surface area contributed by atoms with Gasteiger partial charge in [0.05, 0.1) is 13.2 Å². The molecule has 0 N–H and O–H groups in total. The number of nitrogens with zero attached hydrogens (tertiary/aromatic N) is 3. The summed E-state index contributed by atoms with van der Waals surface area (Å²) in [7, 11) is 3.57. The van der Waals surface area contributed by atoms with Crippen molar-refractivity contribution in [2.75, 3.05) is 27.2 Å². The summed E-state index contributed by atoms with van der Waals surface area (Å²) in [4.78, 5) is 21.4. The van der Waals surface area contributed by atoms with Gasteiger partial charge in [0, 0.05) is 39.1 Å². The van der Waals surface area contributed by atoms with Crippen molar-refractivity contribution in [3.05, 3.63) is 84.2 Å². The van der Waals surface area contributed by atoms with Crippen LogP contribution in [0.2, 0.25) is 0 Å². The van der Waals surface area contributed by atoms with E-state index in [9.17, 15) is 4.79 Å². The number of piperazine rings is 1. The fourth-order valence-electron chi connectivity index (χ4n) is 3.97. The summed E-state index contributed by atoms with van der Waals surface area (Å²) in [6.45, 7) is 2.34. The van der Waals surface area contributed by atoms with Crippen molar-refractivity contribution in [1.82, 2.24) is 14.8 Å². The standard InChI is InChI=1S/C25H27N3O2/c1-27-13-14-28(18-20-6-4-12-26-17-20)24(25(27)29)16-19-5-3-7-22(15-19)21-8-10-23(30-2)11-9-21/h3-12,15,17,24H,13-14,16,18H2,1-2H3. The van der Waals surface area contributed by atoms with Crippen LogP contribution in [-0.4, -0.2) is 54.0 Å². The van der Waals surface area contributed by atoms with E-state index in [0.717, 1.165) is 47.6 Å². The first-order valence-electron chi connectivity index (χ1n) is 10.3. The van der Waals surface area contributed by atoms with Crippen molar-refractivity contribution in [2.45, 2.75) is 19.0 Å². The number of pyridine rings is 1. The van der Waals surface area contributed by atoms with E-state index >= 15 is 0 Å². The molecule has 0 bridgehead atoms. The summed E-state index contributed by atoms with van der Waals surface area (Å²) in [5.41, 5.74) is 4.57. The lowest BCUT2D eigenvalue weighted by atomic mass is 9.97. The summed E-state index contributed by atoms with van der Waals surface area (Å²) in [6.07, 6.45) is 4.35. The van der Waals surface area contributed by atoms with E-state index in [1.54, 1.807) is 13.3 Å². The average Bonchev–Trinajstić information content (AvgIpc) is 2.80. The number of carbonyl (C=O) groups excluding carboxylic acids is 1. The first-order valence-corrected chi connectivity index (χ1v) is 10.3. The Labute approximate surface area is 177 Å². The maximum absolute atomic E-state index is 13.0. The summed E-state index contributed by atoms with van der Waals surface area (Å²) in [5, 5.41) is 0. The molecule has 1 aliphatic heterocycles. The molecule has 0 aliphatic carbocycles. The summed E-state index contributed by atoms with van der Waals surface area (Å²) >= 11 is 0. The molecule has 5 nitrogen and oxygen atoms in total. The van der Waals surface area contributed by atoms with Crippen molar-refractivity contribution in [3.8, 4) is 16.9 Å². The minimum atomic E-state index is -0.171. The normalized spacial score (nSPS) is 17.2. The lowest BCUT2D eigenvalue weighted by Gasteiger charge is -2.39. The van der Waals surface area contributed by atoms with Crippen LogP contribution in [0, 0.1) is 0 Å². The van der Waals surface area contributed by atoms with Crippen LogP contribution >= 0.6 is 0 Å². The number of hydrogen-bond donors (Lipinski definition) is 0. The summed E-state index contributed by atoms with van der Waals surface area (Å²) in [5.74, 6) is 1.02. The number of rotatable bonds is 6. The first-order chi connectivity index (χ1) is 14.6. The van der Waals surface area contributed by atoms with Gasteiger partial charge in [-0.15, -0.1) is 0 Å². The SMILES string of the molecule is COc1ccc(-c2cccc(CC3C(=O)N(C)CCN3Cc3cccnc3)c2)cc1. The van der Waals surface area contributed by atoms with Crippen molar-refractivity contribution in [2.24, 2.45) is 0 Å². The van der Waals surface area contributed by atoms with Crippen LogP contribution in [0.4, 0.5) is 0 Å². The molecule has 154 valence electrons. The van der Waals surface area contributed by atoms with E-state index < -0.39 is 0 Å².